The number of anilines is 1. The summed E-state index contributed by atoms with van der Waals surface area (Å²) in [5, 5.41) is 5.87. The molecule has 0 atom stereocenters. The van der Waals surface area contributed by atoms with Crippen LogP contribution in [-0.2, 0) is 4.79 Å². The van der Waals surface area contributed by atoms with Gasteiger partial charge >= 0.3 is 0 Å². The minimum atomic E-state index is -0.327. The van der Waals surface area contributed by atoms with E-state index >= 15 is 0 Å². The molecule has 21 heavy (non-hydrogen) atoms. The van der Waals surface area contributed by atoms with Gasteiger partial charge in [-0.05, 0) is 48.9 Å². The van der Waals surface area contributed by atoms with Crippen molar-refractivity contribution in [2.75, 3.05) is 11.9 Å². The van der Waals surface area contributed by atoms with Gasteiger partial charge in [0.15, 0.2) is 0 Å². The van der Waals surface area contributed by atoms with Crippen molar-refractivity contribution < 1.29 is 4.79 Å². The highest BCUT2D eigenvalue weighted by Gasteiger charge is 2.01. The van der Waals surface area contributed by atoms with Crippen LogP contribution in [0.25, 0.3) is 10.4 Å². The van der Waals surface area contributed by atoms with Crippen molar-refractivity contribution in [2.45, 2.75) is 16.7 Å². The van der Waals surface area contributed by atoms with Gasteiger partial charge in [0.1, 0.15) is 6.54 Å². The molecule has 0 bridgehead atoms. The highest BCUT2D eigenvalue weighted by molar-refractivity contribution is 7.99. The van der Waals surface area contributed by atoms with E-state index in [0.717, 1.165) is 4.90 Å². The van der Waals surface area contributed by atoms with Gasteiger partial charge in [-0.1, -0.05) is 34.6 Å². The van der Waals surface area contributed by atoms with Gasteiger partial charge in [0, 0.05) is 20.4 Å². The quantitative estimate of drug-likeness (QED) is 0.504. The zero-order chi connectivity index (χ0) is 15.1. The SMILES string of the molecule is Cc1ccc(Sc2ccc(NC(=O)CN=[N+]=[N-])cc2)cc1. The van der Waals surface area contributed by atoms with Crippen LogP contribution in [0.15, 0.2) is 63.4 Å². The maximum Gasteiger partial charge on any atom is 0.230 e. The average molecular weight is 298 g/mol. The Morgan fingerprint density at radius 2 is 1.71 bits per heavy atom. The molecule has 0 heterocycles. The van der Waals surface area contributed by atoms with E-state index in [1.54, 1.807) is 11.8 Å². The summed E-state index contributed by atoms with van der Waals surface area (Å²) in [4.78, 5) is 16.2. The zero-order valence-electron chi connectivity index (χ0n) is 11.5. The first kappa shape index (κ1) is 15.0. The van der Waals surface area contributed by atoms with E-state index in [1.807, 2.05) is 24.3 Å². The normalized spacial score (nSPS) is 9.76. The monoisotopic (exact) mass is 298 g/mol. The van der Waals surface area contributed by atoms with Crippen LogP contribution in [0.4, 0.5) is 5.69 Å². The van der Waals surface area contributed by atoms with Gasteiger partial charge in [0.05, 0.1) is 0 Å². The Kier molecular flexibility index (Phi) is 5.26. The lowest BCUT2D eigenvalue weighted by Crippen LogP contribution is -2.14. The summed E-state index contributed by atoms with van der Waals surface area (Å²) in [5.41, 5.74) is 10.1. The number of nitrogens with zero attached hydrogens (tertiary/aromatic N) is 3. The molecule has 1 N–H and O–H groups in total. The van der Waals surface area contributed by atoms with Crippen molar-refractivity contribution in [3.05, 3.63) is 64.5 Å². The fourth-order valence-electron chi connectivity index (χ4n) is 1.65. The number of rotatable bonds is 5. The van der Waals surface area contributed by atoms with Crippen molar-refractivity contribution in [3.8, 4) is 0 Å². The van der Waals surface area contributed by atoms with Crippen LogP contribution in [-0.4, -0.2) is 12.5 Å². The van der Waals surface area contributed by atoms with Gasteiger partial charge in [0.25, 0.3) is 0 Å². The number of hydrogen-bond acceptors (Lipinski definition) is 3. The van der Waals surface area contributed by atoms with E-state index < -0.39 is 0 Å². The summed E-state index contributed by atoms with van der Waals surface area (Å²) in [6, 6.07) is 15.8. The number of hydrogen-bond donors (Lipinski definition) is 1. The first-order valence-electron chi connectivity index (χ1n) is 6.32. The molecule has 0 aliphatic heterocycles. The number of nitrogens with one attached hydrogen (secondary N) is 1. The maximum absolute atomic E-state index is 11.4. The third kappa shape index (κ3) is 4.87. The molecule has 0 aliphatic carbocycles. The predicted molar refractivity (Wildman–Crippen MR) is 84.4 cm³/mol. The lowest BCUT2D eigenvalue weighted by atomic mass is 10.2. The van der Waals surface area contributed by atoms with Gasteiger partial charge in [-0.3, -0.25) is 4.79 Å². The Labute approximate surface area is 127 Å². The molecule has 1 amide bonds. The second kappa shape index (κ2) is 7.38. The molecule has 0 aromatic heterocycles. The fourth-order valence-corrected chi connectivity index (χ4v) is 2.46. The zero-order valence-corrected chi connectivity index (χ0v) is 12.3. The van der Waals surface area contributed by atoms with E-state index in [2.05, 4.69) is 46.5 Å². The first-order valence-corrected chi connectivity index (χ1v) is 7.14. The van der Waals surface area contributed by atoms with E-state index in [1.165, 1.54) is 10.5 Å². The molecule has 0 unspecified atom stereocenters. The van der Waals surface area contributed by atoms with Crippen LogP contribution in [0.5, 0.6) is 0 Å². The molecule has 6 heteroatoms. The van der Waals surface area contributed by atoms with Crippen LogP contribution in [0.1, 0.15) is 5.56 Å². The van der Waals surface area contributed by atoms with Gasteiger partial charge < -0.3 is 5.32 Å². The number of benzene rings is 2. The van der Waals surface area contributed by atoms with E-state index in [-0.39, 0.29) is 12.5 Å². The molecule has 0 saturated heterocycles. The summed E-state index contributed by atoms with van der Waals surface area (Å²) in [7, 11) is 0. The highest BCUT2D eigenvalue weighted by atomic mass is 32.2. The van der Waals surface area contributed by atoms with Crippen molar-refractivity contribution in [1.29, 1.82) is 0 Å². The Balaban J connectivity index is 1.97. The van der Waals surface area contributed by atoms with Crippen LogP contribution in [0.3, 0.4) is 0 Å². The molecule has 2 aromatic rings. The van der Waals surface area contributed by atoms with Crippen LogP contribution in [0, 0.1) is 6.92 Å². The van der Waals surface area contributed by atoms with Crippen LogP contribution < -0.4 is 5.32 Å². The molecule has 0 spiro atoms. The highest BCUT2D eigenvalue weighted by Crippen LogP contribution is 2.28. The molecular formula is C15H14N4OS. The standard InChI is InChI=1S/C15H14N4OS/c1-11-2-6-13(7-3-11)21-14-8-4-12(5-9-14)18-15(20)10-17-19-16/h2-9H,10H2,1H3,(H,18,20). The average Bonchev–Trinajstić information content (AvgIpc) is 2.49. The summed E-state index contributed by atoms with van der Waals surface area (Å²) < 4.78 is 0. The van der Waals surface area contributed by atoms with Gasteiger partial charge in [-0.2, -0.15) is 0 Å². The third-order valence-corrected chi connectivity index (χ3v) is 3.69. The Morgan fingerprint density at radius 1 is 1.14 bits per heavy atom. The molecule has 0 aliphatic rings. The lowest BCUT2D eigenvalue weighted by Gasteiger charge is -2.05. The summed E-state index contributed by atoms with van der Waals surface area (Å²) >= 11 is 1.66. The molecule has 0 fully saturated rings. The van der Waals surface area contributed by atoms with Crippen molar-refractivity contribution in [2.24, 2.45) is 5.11 Å². The summed E-state index contributed by atoms with van der Waals surface area (Å²) in [5.74, 6) is -0.327. The van der Waals surface area contributed by atoms with Gasteiger partial charge in [-0.15, -0.1) is 0 Å². The van der Waals surface area contributed by atoms with E-state index in [0.29, 0.717) is 5.69 Å². The molecule has 5 nitrogen and oxygen atoms in total. The number of carbonyl (C=O) groups excluding carboxylic acids is 1. The maximum atomic E-state index is 11.4. The third-order valence-electron chi connectivity index (χ3n) is 2.67. The Hall–Kier alpha value is -2.43. The van der Waals surface area contributed by atoms with Crippen molar-refractivity contribution in [3.63, 3.8) is 0 Å². The number of azide groups is 1. The van der Waals surface area contributed by atoms with Crippen LogP contribution in [0.2, 0.25) is 0 Å². The molecular weight excluding hydrogens is 284 g/mol. The largest absolute Gasteiger partial charge is 0.326 e. The molecule has 2 rings (SSSR count). The second-order valence-corrected chi connectivity index (χ2v) is 5.52. The number of amides is 1. The predicted octanol–water partition coefficient (Wildman–Crippen LogP) is 4.40. The molecule has 0 saturated carbocycles. The summed E-state index contributed by atoms with van der Waals surface area (Å²) in [6.45, 7) is 1.86. The van der Waals surface area contributed by atoms with Crippen molar-refractivity contribution in [1.82, 2.24) is 0 Å². The molecule has 2 aromatic carbocycles. The first-order chi connectivity index (χ1) is 10.2. The van der Waals surface area contributed by atoms with Crippen molar-refractivity contribution >= 4 is 23.4 Å². The smallest absolute Gasteiger partial charge is 0.230 e. The minimum Gasteiger partial charge on any atom is -0.326 e. The fraction of sp³-hybridized carbons (Fsp3) is 0.133. The molecule has 0 radical (unpaired) electrons. The van der Waals surface area contributed by atoms with E-state index in [4.69, 9.17) is 5.53 Å². The topological polar surface area (TPSA) is 77.9 Å². The van der Waals surface area contributed by atoms with E-state index in [9.17, 15) is 4.79 Å². The summed E-state index contributed by atoms with van der Waals surface area (Å²) in [6.07, 6.45) is 0. The molecule has 106 valence electrons. The lowest BCUT2D eigenvalue weighted by molar-refractivity contribution is -0.114. The second-order valence-electron chi connectivity index (χ2n) is 4.38. The Morgan fingerprint density at radius 3 is 2.29 bits per heavy atom. The minimum absolute atomic E-state index is 0.198. The number of carbonyl (C=O) groups is 1. The van der Waals surface area contributed by atoms with Gasteiger partial charge in [-0.25, -0.2) is 0 Å². The van der Waals surface area contributed by atoms with Crippen LogP contribution >= 0.6 is 11.8 Å². The number of aryl methyl sites for hydroxylation is 1. The Bertz CT molecular complexity index is 661. The van der Waals surface area contributed by atoms with Gasteiger partial charge in [0.2, 0.25) is 5.91 Å².